The molecule has 0 aromatic carbocycles. The van der Waals surface area contributed by atoms with Crippen LogP contribution in [0.1, 0.15) is 24.3 Å². The van der Waals surface area contributed by atoms with Crippen molar-refractivity contribution in [2.75, 3.05) is 19.7 Å². The molecule has 1 aromatic heterocycles. The molecule has 0 aliphatic carbocycles. The Balaban J connectivity index is 2.09. The van der Waals surface area contributed by atoms with Gasteiger partial charge in [0.15, 0.2) is 5.69 Å². The Kier molecular flexibility index (Phi) is 3.93. The third-order valence-corrected chi connectivity index (χ3v) is 2.98. The molecule has 0 radical (unpaired) electrons. The van der Waals surface area contributed by atoms with Gasteiger partial charge in [0.05, 0.1) is 31.5 Å². The molecule has 2 rings (SSSR count). The fourth-order valence-electron chi connectivity index (χ4n) is 1.97. The van der Waals surface area contributed by atoms with Crippen LogP contribution in [0.3, 0.4) is 0 Å². The van der Waals surface area contributed by atoms with Crippen molar-refractivity contribution in [3.05, 3.63) is 11.9 Å². The minimum atomic E-state index is -0.0964. The van der Waals surface area contributed by atoms with Gasteiger partial charge in [0.25, 0.3) is 5.91 Å². The second-order valence-corrected chi connectivity index (χ2v) is 4.61. The quantitative estimate of drug-likeness (QED) is 0.783. The Morgan fingerprint density at radius 1 is 1.61 bits per heavy atom. The van der Waals surface area contributed by atoms with Gasteiger partial charge in [-0.3, -0.25) is 9.48 Å². The average molecular weight is 253 g/mol. The zero-order valence-corrected chi connectivity index (χ0v) is 10.7. The molecule has 7 nitrogen and oxygen atoms in total. The van der Waals surface area contributed by atoms with Crippen molar-refractivity contribution in [3.8, 4) is 0 Å². The number of carbonyl (C=O) groups excluding carboxylic acids is 1. The van der Waals surface area contributed by atoms with E-state index in [4.69, 9.17) is 10.5 Å². The maximum atomic E-state index is 12.3. The van der Waals surface area contributed by atoms with E-state index in [-0.39, 0.29) is 18.1 Å². The lowest BCUT2D eigenvalue weighted by Crippen LogP contribution is -2.50. The molecule has 1 fully saturated rings. The Morgan fingerprint density at radius 3 is 3.11 bits per heavy atom. The van der Waals surface area contributed by atoms with Gasteiger partial charge in [-0.2, -0.15) is 0 Å². The Hall–Kier alpha value is -1.47. The molecule has 7 heteroatoms. The van der Waals surface area contributed by atoms with Crippen molar-refractivity contribution in [2.24, 2.45) is 5.73 Å². The molecule has 0 bridgehead atoms. The normalized spacial score (nSPS) is 24.3. The first-order valence-electron chi connectivity index (χ1n) is 6.14. The summed E-state index contributed by atoms with van der Waals surface area (Å²) in [6.07, 6.45) is 1.70. The Morgan fingerprint density at radius 2 is 2.39 bits per heavy atom. The SMILES string of the molecule is CC1CN(C(=O)c2cn(CCN)nn2)C(C)CO1. The molecular formula is C11H19N5O2. The van der Waals surface area contributed by atoms with Crippen LogP contribution in [-0.4, -0.2) is 57.6 Å². The van der Waals surface area contributed by atoms with Crippen molar-refractivity contribution in [2.45, 2.75) is 32.5 Å². The molecule has 0 spiro atoms. The smallest absolute Gasteiger partial charge is 0.276 e. The first-order valence-corrected chi connectivity index (χ1v) is 6.14. The van der Waals surface area contributed by atoms with E-state index in [2.05, 4.69) is 10.3 Å². The van der Waals surface area contributed by atoms with E-state index >= 15 is 0 Å². The first-order chi connectivity index (χ1) is 8.61. The van der Waals surface area contributed by atoms with Gasteiger partial charge < -0.3 is 15.4 Å². The average Bonchev–Trinajstić information content (AvgIpc) is 2.80. The highest BCUT2D eigenvalue weighted by Crippen LogP contribution is 2.14. The lowest BCUT2D eigenvalue weighted by atomic mass is 10.2. The molecular weight excluding hydrogens is 234 g/mol. The van der Waals surface area contributed by atoms with Crippen LogP contribution in [0.2, 0.25) is 0 Å². The van der Waals surface area contributed by atoms with E-state index in [0.717, 1.165) is 0 Å². The van der Waals surface area contributed by atoms with Crippen molar-refractivity contribution in [1.29, 1.82) is 0 Å². The zero-order chi connectivity index (χ0) is 13.1. The fraction of sp³-hybridized carbons (Fsp3) is 0.727. The number of nitrogens with zero attached hydrogens (tertiary/aromatic N) is 4. The van der Waals surface area contributed by atoms with Gasteiger partial charge >= 0.3 is 0 Å². The summed E-state index contributed by atoms with van der Waals surface area (Å²) in [6.45, 7) is 6.11. The molecule has 18 heavy (non-hydrogen) atoms. The van der Waals surface area contributed by atoms with Crippen LogP contribution in [0.4, 0.5) is 0 Å². The summed E-state index contributed by atoms with van der Waals surface area (Å²) in [6, 6.07) is 0.0633. The summed E-state index contributed by atoms with van der Waals surface area (Å²) in [5, 5.41) is 7.77. The molecule has 1 amide bonds. The maximum absolute atomic E-state index is 12.3. The molecule has 0 saturated carbocycles. The van der Waals surface area contributed by atoms with Crippen LogP contribution >= 0.6 is 0 Å². The van der Waals surface area contributed by atoms with Crippen molar-refractivity contribution in [3.63, 3.8) is 0 Å². The number of morpholine rings is 1. The summed E-state index contributed by atoms with van der Waals surface area (Å²) in [5.41, 5.74) is 5.79. The molecule has 2 atom stereocenters. The standard InChI is InChI=1S/C11H19N5O2/c1-8-7-18-9(2)5-16(8)11(17)10-6-15(4-3-12)14-13-10/h6,8-9H,3-5,7,12H2,1-2H3. The van der Waals surface area contributed by atoms with Gasteiger partial charge in [-0.25, -0.2) is 0 Å². The highest BCUT2D eigenvalue weighted by molar-refractivity contribution is 5.92. The van der Waals surface area contributed by atoms with Gasteiger partial charge in [-0.15, -0.1) is 5.10 Å². The summed E-state index contributed by atoms with van der Waals surface area (Å²) in [5.74, 6) is -0.0964. The van der Waals surface area contributed by atoms with Gasteiger partial charge in [0, 0.05) is 13.1 Å². The second-order valence-electron chi connectivity index (χ2n) is 4.61. The highest BCUT2D eigenvalue weighted by atomic mass is 16.5. The predicted molar refractivity (Wildman–Crippen MR) is 65.0 cm³/mol. The van der Waals surface area contributed by atoms with E-state index in [0.29, 0.717) is 31.9 Å². The largest absolute Gasteiger partial charge is 0.375 e. The lowest BCUT2D eigenvalue weighted by Gasteiger charge is -2.36. The summed E-state index contributed by atoms with van der Waals surface area (Å²) >= 11 is 0. The molecule has 2 heterocycles. The van der Waals surface area contributed by atoms with Gasteiger partial charge in [-0.05, 0) is 13.8 Å². The number of hydrogen-bond donors (Lipinski definition) is 1. The Labute approximate surface area is 106 Å². The van der Waals surface area contributed by atoms with Crippen molar-refractivity contribution in [1.82, 2.24) is 19.9 Å². The van der Waals surface area contributed by atoms with Crippen LogP contribution in [0.25, 0.3) is 0 Å². The van der Waals surface area contributed by atoms with Crippen LogP contribution in [0.5, 0.6) is 0 Å². The van der Waals surface area contributed by atoms with Gasteiger partial charge in [0.2, 0.25) is 0 Å². The summed E-state index contributed by atoms with van der Waals surface area (Å²) in [7, 11) is 0. The molecule has 1 aromatic rings. The minimum absolute atomic E-state index is 0.0595. The van der Waals surface area contributed by atoms with Crippen LogP contribution in [0, 0.1) is 0 Å². The topological polar surface area (TPSA) is 86.3 Å². The molecule has 2 unspecified atom stereocenters. The van der Waals surface area contributed by atoms with Crippen LogP contribution in [0.15, 0.2) is 6.20 Å². The Bertz CT molecular complexity index is 419. The highest BCUT2D eigenvalue weighted by Gasteiger charge is 2.29. The second kappa shape index (κ2) is 5.45. The molecule has 2 N–H and O–H groups in total. The van der Waals surface area contributed by atoms with Gasteiger partial charge in [-0.1, -0.05) is 5.21 Å². The fourth-order valence-corrected chi connectivity index (χ4v) is 1.97. The van der Waals surface area contributed by atoms with Crippen LogP contribution < -0.4 is 5.73 Å². The molecule has 1 aliphatic heterocycles. The number of hydrogen-bond acceptors (Lipinski definition) is 5. The first kappa shape index (κ1) is 13.0. The minimum Gasteiger partial charge on any atom is -0.375 e. The number of nitrogens with two attached hydrogens (primary N) is 1. The maximum Gasteiger partial charge on any atom is 0.276 e. The van der Waals surface area contributed by atoms with E-state index in [9.17, 15) is 4.79 Å². The number of rotatable bonds is 3. The molecule has 1 saturated heterocycles. The number of ether oxygens (including phenoxy) is 1. The number of amides is 1. The van der Waals surface area contributed by atoms with Crippen molar-refractivity contribution < 1.29 is 9.53 Å². The van der Waals surface area contributed by atoms with E-state index in [1.54, 1.807) is 15.8 Å². The summed E-state index contributed by atoms with van der Waals surface area (Å²) in [4.78, 5) is 14.1. The lowest BCUT2D eigenvalue weighted by molar-refractivity contribution is -0.0389. The van der Waals surface area contributed by atoms with Crippen molar-refractivity contribution >= 4 is 5.91 Å². The van der Waals surface area contributed by atoms with Gasteiger partial charge in [0.1, 0.15) is 0 Å². The van der Waals surface area contributed by atoms with E-state index in [1.807, 2.05) is 13.8 Å². The van der Waals surface area contributed by atoms with Crippen LogP contribution in [-0.2, 0) is 11.3 Å². The molecule has 1 aliphatic rings. The third kappa shape index (κ3) is 2.68. The van der Waals surface area contributed by atoms with E-state index < -0.39 is 0 Å². The number of carbonyl (C=O) groups is 1. The summed E-state index contributed by atoms with van der Waals surface area (Å²) < 4.78 is 7.08. The zero-order valence-electron chi connectivity index (χ0n) is 10.7. The monoisotopic (exact) mass is 253 g/mol. The third-order valence-electron chi connectivity index (χ3n) is 2.98. The molecule has 100 valence electrons. The van der Waals surface area contributed by atoms with E-state index in [1.165, 1.54) is 0 Å². The number of aromatic nitrogens is 3. The predicted octanol–water partition coefficient (Wildman–Crippen LogP) is -0.514.